The first-order valence-electron chi connectivity index (χ1n) is 14.3. The largest absolute Gasteiger partial charge is 0.494 e. The molecule has 1 fully saturated rings. The van der Waals surface area contributed by atoms with Gasteiger partial charge in [-0.3, -0.25) is 9.59 Å². The van der Waals surface area contributed by atoms with E-state index in [4.69, 9.17) is 15.2 Å². The quantitative estimate of drug-likeness (QED) is 0.304. The average Bonchev–Trinajstić information content (AvgIpc) is 3.01. The molecule has 3 atom stereocenters. The van der Waals surface area contributed by atoms with Crippen LogP contribution in [0.5, 0.6) is 5.75 Å². The molecule has 9 heteroatoms. The van der Waals surface area contributed by atoms with Gasteiger partial charge in [0.25, 0.3) is 0 Å². The summed E-state index contributed by atoms with van der Waals surface area (Å²) in [6.45, 7) is 3.05. The van der Waals surface area contributed by atoms with Gasteiger partial charge in [-0.25, -0.2) is 4.79 Å². The zero-order valence-corrected chi connectivity index (χ0v) is 24.8. The Hall–Kier alpha value is -3.88. The van der Waals surface area contributed by atoms with Crippen molar-refractivity contribution in [3.05, 3.63) is 102 Å². The van der Waals surface area contributed by atoms with Crippen molar-refractivity contribution < 1.29 is 23.9 Å². The van der Waals surface area contributed by atoms with Gasteiger partial charge in [-0.15, -0.1) is 12.4 Å². The summed E-state index contributed by atoms with van der Waals surface area (Å²) < 4.78 is 11.1. The summed E-state index contributed by atoms with van der Waals surface area (Å²) in [6, 6.07) is 24.0. The van der Waals surface area contributed by atoms with Crippen molar-refractivity contribution in [1.82, 2.24) is 10.2 Å². The summed E-state index contributed by atoms with van der Waals surface area (Å²) in [5.74, 6) is -0.412. The second-order valence-electron chi connectivity index (χ2n) is 10.3. The highest BCUT2D eigenvalue weighted by atomic mass is 35.5. The Labute approximate surface area is 254 Å². The molecule has 224 valence electrons. The number of piperidine rings is 1. The number of amides is 2. The molecular weight excluding hydrogens is 554 g/mol. The molecule has 0 aromatic heterocycles. The highest BCUT2D eigenvalue weighted by Crippen LogP contribution is 2.21. The van der Waals surface area contributed by atoms with Gasteiger partial charge in [0.2, 0.25) is 11.8 Å². The molecule has 1 aliphatic heterocycles. The lowest BCUT2D eigenvalue weighted by Gasteiger charge is -2.36. The average molecular weight is 594 g/mol. The van der Waals surface area contributed by atoms with Gasteiger partial charge < -0.3 is 25.4 Å². The van der Waals surface area contributed by atoms with Gasteiger partial charge in [0.1, 0.15) is 24.4 Å². The Morgan fingerprint density at radius 3 is 2.14 bits per heavy atom. The molecule has 2 amide bonds. The number of hydrogen-bond acceptors (Lipinski definition) is 6. The minimum absolute atomic E-state index is 0. The second-order valence-corrected chi connectivity index (χ2v) is 10.3. The normalized spacial score (nSPS) is 16.0. The van der Waals surface area contributed by atoms with Crippen molar-refractivity contribution in [3.8, 4) is 5.75 Å². The Morgan fingerprint density at radius 1 is 0.881 bits per heavy atom. The predicted molar refractivity (Wildman–Crippen MR) is 164 cm³/mol. The van der Waals surface area contributed by atoms with E-state index in [0.29, 0.717) is 26.0 Å². The van der Waals surface area contributed by atoms with Crippen molar-refractivity contribution >= 4 is 30.2 Å². The van der Waals surface area contributed by atoms with Gasteiger partial charge in [0.15, 0.2) is 0 Å². The van der Waals surface area contributed by atoms with Gasteiger partial charge in [-0.05, 0) is 61.4 Å². The van der Waals surface area contributed by atoms with E-state index in [1.165, 1.54) is 0 Å². The molecule has 0 unspecified atom stereocenters. The second kappa shape index (κ2) is 16.5. The first-order valence-corrected chi connectivity index (χ1v) is 14.3. The number of halogens is 1. The monoisotopic (exact) mass is 593 g/mol. The third-order valence-electron chi connectivity index (χ3n) is 7.21. The third-order valence-corrected chi connectivity index (χ3v) is 7.21. The molecule has 0 saturated carbocycles. The lowest BCUT2D eigenvalue weighted by molar-refractivity contribution is -0.159. The Morgan fingerprint density at radius 2 is 1.50 bits per heavy atom. The fourth-order valence-electron chi connectivity index (χ4n) is 5.03. The number of hydrogen-bond donors (Lipinski definition) is 2. The van der Waals surface area contributed by atoms with Crippen LogP contribution in [0.3, 0.4) is 0 Å². The smallest absolute Gasteiger partial charge is 0.329 e. The highest BCUT2D eigenvalue weighted by Gasteiger charge is 2.37. The van der Waals surface area contributed by atoms with E-state index < -0.39 is 30.0 Å². The molecule has 0 bridgehead atoms. The zero-order chi connectivity index (χ0) is 29.0. The number of likely N-dealkylation sites (tertiary alicyclic amines) is 1. The van der Waals surface area contributed by atoms with Crippen LogP contribution in [0.15, 0.2) is 84.9 Å². The van der Waals surface area contributed by atoms with E-state index in [2.05, 4.69) is 5.32 Å². The maximum Gasteiger partial charge on any atom is 0.329 e. The van der Waals surface area contributed by atoms with Crippen LogP contribution in [0, 0.1) is 0 Å². The number of nitrogens with one attached hydrogen (secondary N) is 1. The minimum Gasteiger partial charge on any atom is -0.494 e. The van der Waals surface area contributed by atoms with E-state index in [-0.39, 0.29) is 31.3 Å². The number of benzene rings is 3. The standard InChI is InChI=1S/C33H39N3O5.ClH/c1-2-40-27-18-16-25(17-19-27)21-28(34)31(37)35-29(22-24-11-5-3-6-12-24)32(38)36-20-10-9-15-30(36)33(39)41-23-26-13-7-4-8-14-26;/h3-8,11-14,16-19,28-30H,2,9-10,15,20-23,34H2,1H3,(H,35,37);1H/t28-,29-,30+;/m0./s1. The fourth-order valence-corrected chi connectivity index (χ4v) is 5.03. The summed E-state index contributed by atoms with van der Waals surface area (Å²) in [6.07, 6.45) is 2.70. The molecule has 42 heavy (non-hydrogen) atoms. The first-order chi connectivity index (χ1) is 19.9. The van der Waals surface area contributed by atoms with Crippen LogP contribution >= 0.6 is 12.4 Å². The van der Waals surface area contributed by atoms with Crippen LogP contribution < -0.4 is 15.8 Å². The molecule has 1 saturated heterocycles. The summed E-state index contributed by atoms with van der Waals surface area (Å²) in [5.41, 5.74) is 8.96. The number of nitrogens with zero attached hydrogens (tertiary/aromatic N) is 1. The molecule has 1 heterocycles. The van der Waals surface area contributed by atoms with Crippen molar-refractivity contribution in [1.29, 1.82) is 0 Å². The van der Waals surface area contributed by atoms with Crippen LogP contribution in [0.25, 0.3) is 0 Å². The fraction of sp³-hybridized carbons (Fsp3) is 0.364. The Bertz CT molecular complexity index is 1270. The summed E-state index contributed by atoms with van der Waals surface area (Å²) in [4.78, 5) is 41.9. The van der Waals surface area contributed by atoms with Gasteiger partial charge in [-0.1, -0.05) is 72.8 Å². The molecule has 8 nitrogen and oxygen atoms in total. The van der Waals surface area contributed by atoms with E-state index in [1.54, 1.807) is 4.90 Å². The Balaban J connectivity index is 0.00000484. The van der Waals surface area contributed by atoms with E-state index in [9.17, 15) is 14.4 Å². The SMILES string of the molecule is CCOc1ccc(C[C@H](N)C(=O)N[C@@H](Cc2ccccc2)C(=O)N2CCCC[C@@H]2C(=O)OCc2ccccc2)cc1.Cl. The van der Waals surface area contributed by atoms with E-state index in [1.807, 2.05) is 91.9 Å². The Kier molecular flexibility index (Phi) is 12.8. The number of nitrogens with two attached hydrogens (primary N) is 1. The number of ether oxygens (including phenoxy) is 2. The number of esters is 1. The third kappa shape index (κ3) is 9.33. The van der Waals surface area contributed by atoms with Crippen molar-refractivity contribution in [3.63, 3.8) is 0 Å². The van der Waals surface area contributed by atoms with Gasteiger partial charge in [0.05, 0.1) is 12.6 Å². The van der Waals surface area contributed by atoms with E-state index >= 15 is 0 Å². The molecule has 3 aromatic carbocycles. The molecule has 0 radical (unpaired) electrons. The van der Waals surface area contributed by atoms with Crippen molar-refractivity contribution in [2.45, 2.75) is 63.8 Å². The van der Waals surface area contributed by atoms with Gasteiger partial charge in [0, 0.05) is 13.0 Å². The zero-order valence-electron chi connectivity index (χ0n) is 23.9. The molecule has 3 N–H and O–H groups in total. The van der Waals surface area contributed by atoms with E-state index in [0.717, 1.165) is 35.3 Å². The first kappa shape index (κ1) is 32.6. The predicted octanol–water partition coefficient (Wildman–Crippen LogP) is 4.23. The lowest BCUT2D eigenvalue weighted by Crippen LogP contribution is -2.58. The highest BCUT2D eigenvalue weighted by molar-refractivity contribution is 5.92. The van der Waals surface area contributed by atoms with Crippen LogP contribution in [0.1, 0.15) is 42.9 Å². The summed E-state index contributed by atoms with van der Waals surface area (Å²) >= 11 is 0. The van der Waals surface area contributed by atoms with Crippen molar-refractivity contribution in [2.75, 3.05) is 13.2 Å². The molecule has 3 aromatic rings. The summed E-state index contributed by atoms with van der Waals surface area (Å²) in [7, 11) is 0. The molecule has 1 aliphatic rings. The van der Waals surface area contributed by atoms with Crippen LogP contribution in [0.2, 0.25) is 0 Å². The van der Waals surface area contributed by atoms with Crippen LogP contribution in [0.4, 0.5) is 0 Å². The van der Waals surface area contributed by atoms with Crippen molar-refractivity contribution in [2.24, 2.45) is 5.73 Å². The maximum atomic E-state index is 14.0. The number of carbonyl (C=O) groups is 3. The van der Waals surface area contributed by atoms with Gasteiger partial charge >= 0.3 is 5.97 Å². The summed E-state index contributed by atoms with van der Waals surface area (Å²) in [5, 5.41) is 2.90. The van der Waals surface area contributed by atoms with Crippen LogP contribution in [-0.2, 0) is 38.6 Å². The lowest BCUT2D eigenvalue weighted by atomic mass is 9.98. The maximum absolute atomic E-state index is 14.0. The molecule has 0 spiro atoms. The molecule has 4 rings (SSSR count). The van der Waals surface area contributed by atoms with Gasteiger partial charge in [-0.2, -0.15) is 0 Å². The molecular formula is C33H40ClN3O5. The minimum atomic E-state index is -0.876. The number of carbonyl (C=O) groups excluding carboxylic acids is 3. The topological polar surface area (TPSA) is 111 Å². The number of rotatable bonds is 12. The van der Waals surface area contributed by atoms with Crippen LogP contribution in [-0.4, -0.2) is 54.0 Å². The molecule has 0 aliphatic carbocycles.